The summed E-state index contributed by atoms with van der Waals surface area (Å²) in [5.41, 5.74) is 1.83. The van der Waals surface area contributed by atoms with E-state index in [1.165, 1.54) is 12.3 Å². The molecule has 0 N–H and O–H groups in total. The standard InChI is InChI=1S/C14H15ClFN3/c1-3-19(9-12-6-4-5-10(2)18-12)14-13(16)7-11(15)8-17-14/h4-8H,3,9H2,1-2H3. The van der Waals surface area contributed by atoms with Gasteiger partial charge in [-0.25, -0.2) is 9.37 Å². The van der Waals surface area contributed by atoms with Crippen molar-refractivity contribution in [3.8, 4) is 0 Å². The summed E-state index contributed by atoms with van der Waals surface area (Å²) >= 11 is 5.71. The highest BCUT2D eigenvalue weighted by Crippen LogP contribution is 2.20. The molecule has 2 rings (SSSR count). The summed E-state index contributed by atoms with van der Waals surface area (Å²) in [6.45, 7) is 5.04. The molecule has 2 aromatic heterocycles. The van der Waals surface area contributed by atoms with Crippen molar-refractivity contribution in [3.05, 3.63) is 52.7 Å². The second-order valence-corrected chi connectivity index (χ2v) is 4.68. The maximum absolute atomic E-state index is 13.9. The average Bonchev–Trinajstić information content (AvgIpc) is 2.37. The number of hydrogen-bond donors (Lipinski definition) is 0. The van der Waals surface area contributed by atoms with Gasteiger partial charge in [-0.3, -0.25) is 4.98 Å². The minimum atomic E-state index is -0.415. The highest BCUT2D eigenvalue weighted by molar-refractivity contribution is 6.30. The monoisotopic (exact) mass is 279 g/mol. The molecule has 0 aliphatic carbocycles. The number of aromatic nitrogens is 2. The lowest BCUT2D eigenvalue weighted by Gasteiger charge is -2.22. The average molecular weight is 280 g/mol. The minimum absolute atomic E-state index is 0.297. The number of aryl methyl sites for hydroxylation is 1. The fourth-order valence-electron chi connectivity index (χ4n) is 1.86. The fraction of sp³-hybridized carbons (Fsp3) is 0.286. The zero-order valence-electron chi connectivity index (χ0n) is 10.9. The Bertz CT molecular complexity index is 574. The third kappa shape index (κ3) is 3.41. The van der Waals surface area contributed by atoms with Crippen LogP contribution in [0.2, 0.25) is 5.02 Å². The first-order valence-electron chi connectivity index (χ1n) is 6.08. The third-order valence-corrected chi connectivity index (χ3v) is 2.98. The van der Waals surface area contributed by atoms with Gasteiger partial charge in [-0.05, 0) is 32.0 Å². The van der Waals surface area contributed by atoms with Crippen LogP contribution >= 0.6 is 11.6 Å². The van der Waals surface area contributed by atoms with Crippen molar-refractivity contribution in [1.29, 1.82) is 0 Å². The lowest BCUT2D eigenvalue weighted by molar-refractivity contribution is 0.608. The van der Waals surface area contributed by atoms with Gasteiger partial charge >= 0.3 is 0 Å². The lowest BCUT2D eigenvalue weighted by atomic mass is 10.3. The minimum Gasteiger partial charge on any atom is -0.349 e. The Balaban J connectivity index is 2.25. The molecule has 100 valence electrons. The molecule has 3 nitrogen and oxygen atoms in total. The molecule has 0 saturated heterocycles. The maximum atomic E-state index is 13.9. The van der Waals surface area contributed by atoms with Gasteiger partial charge in [0.05, 0.1) is 17.3 Å². The number of nitrogens with zero attached hydrogens (tertiary/aromatic N) is 3. The fourth-order valence-corrected chi connectivity index (χ4v) is 2.00. The van der Waals surface area contributed by atoms with E-state index in [4.69, 9.17) is 11.6 Å². The first kappa shape index (κ1) is 13.7. The zero-order valence-corrected chi connectivity index (χ0v) is 11.7. The molecule has 0 amide bonds. The van der Waals surface area contributed by atoms with Crippen LogP contribution in [0.1, 0.15) is 18.3 Å². The Morgan fingerprint density at radius 2 is 2.16 bits per heavy atom. The highest BCUT2D eigenvalue weighted by atomic mass is 35.5. The number of halogens is 2. The van der Waals surface area contributed by atoms with Gasteiger partial charge in [0.1, 0.15) is 0 Å². The van der Waals surface area contributed by atoms with E-state index in [1.54, 1.807) is 0 Å². The van der Waals surface area contributed by atoms with E-state index < -0.39 is 5.82 Å². The van der Waals surface area contributed by atoms with Gasteiger partial charge in [-0.1, -0.05) is 17.7 Å². The van der Waals surface area contributed by atoms with Crippen molar-refractivity contribution in [1.82, 2.24) is 9.97 Å². The van der Waals surface area contributed by atoms with Gasteiger partial charge in [-0.15, -0.1) is 0 Å². The van der Waals surface area contributed by atoms with E-state index in [0.717, 1.165) is 11.4 Å². The van der Waals surface area contributed by atoms with Crippen molar-refractivity contribution in [2.45, 2.75) is 20.4 Å². The normalized spacial score (nSPS) is 10.5. The van der Waals surface area contributed by atoms with Crippen molar-refractivity contribution in [2.75, 3.05) is 11.4 Å². The van der Waals surface area contributed by atoms with Crippen LogP contribution in [0.3, 0.4) is 0 Å². The van der Waals surface area contributed by atoms with Crippen LogP contribution in [-0.2, 0) is 6.54 Å². The predicted octanol–water partition coefficient (Wildman–Crippen LogP) is 3.60. The maximum Gasteiger partial charge on any atom is 0.167 e. The highest BCUT2D eigenvalue weighted by Gasteiger charge is 2.13. The van der Waals surface area contributed by atoms with E-state index in [2.05, 4.69) is 9.97 Å². The van der Waals surface area contributed by atoms with Crippen LogP contribution in [0, 0.1) is 12.7 Å². The molecular formula is C14H15ClFN3. The smallest absolute Gasteiger partial charge is 0.167 e. The molecule has 0 bridgehead atoms. The Hall–Kier alpha value is -1.68. The van der Waals surface area contributed by atoms with Gasteiger partial charge in [0.2, 0.25) is 0 Å². The van der Waals surface area contributed by atoms with Gasteiger partial charge < -0.3 is 4.90 Å². The molecule has 0 fully saturated rings. The van der Waals surface area contributed by atoms with Crippen LogP contribution in [0.5, 0.6) is 0 Å². The largest absolute Gasteiger partial charge is 0.349 e. The zero-order chi connectivity index (χ0) is 13.8. The molecule has 0 unspecified atom stereocenters. The van der Waals surface area contributed by atoms with Crippen LogP contribution < -0.4 is 4.90 Å². The van der Waals surface area contributed by atoms with E-state index in [0.29, 0.717) is 23.9 Å². The van der Waals surface area contributed by atoms with Crippen molar-refractivity contribution < 1.29 is 4.39 Å². The number of pyridine rings is 2. The molecule has 0 atom stereocenters. The van der Waals surface area contributed by atoms with Crippen molar-refractivity contribution in [2.24, 2.45) is 0 Å². The summed E-state index contributed by atoms with van der Waals surface area (Å²) in [4.78, 5) is 10.3. The summed E-state index contributed by atoms with van der Waals surface area (Å²) in [5, 5.41) is 0.297. The Labute approximate surface area is 117 Å². The molecule has 19 heavy (non-hydrogen) atoms. The Morgan fingerprint density at radius 3 is 2.79 bits per heavy atom. The van der Waals surface area contributed by atoms with E-state index >= 15 is 0 Å². The topological polar surface area (TPSA) is 29.0 Å². The van der Waals surface area contributed by atoms with Gasteiger partial charge in [0.15, 0.2) is 11.6 Å². The summed E-state index contributed by atoms with van der Waals surface area (Å²) < 4.78 is 13.9. The first-order valence-corrected chi connectivity index (χ1v) is 6.46. The van der Waals surface area contributed by atoms with Gasteiger partial charge in [-0.2, -0.15) is 0 Å². The van der Waals surface area contributed by atoms with Crippen molar-refractivity contribution in [3.63, 3.8) is 0 Å². The van der Waals surface area contributed by atoms with Gasteiger partial charge in [0.25, 0.3) is 0 Å². The first-order chi connectivity index (χ1) is 9.10. The van der Waals surface area contributed by atoms with Crippen LogP contribution in [0.15, 0.2) is 30.5 Å². The van der Waals surface area contributed by atoms with Gasteiger partial charge in [0, 0.05) is 18.4 Å². The summed E-state index contributed by atoms with van der Waals surface area (Å²) in [6, 6.07) is 7.07. The number of anilines is 1. The van der Waals surface area contributed by atoms with Crippen LogP contribution in [0.25, 0.3) is 0 Å². The Kier molecular flexibility index (Phi) is 4.32. The molecule has 5 heteroatoms. The molecular weight excluding hydrogens is 265 g/mol. The second-order valence-electron chi connectivity index (χ2n) is 4.24. The molecule has 0 spiro atoms. The second kappa shape index (κ2) is 5.97. The van der Waals surface area contributed by atoms with E-state index in [9.17, 15) is 4.39 Å². The lowest BCUT2D eigenvalue weighted by Crippen LogP contribution is -2.24. The van der Waals surface area contributed by atoms with Crippen molar-refractivity contribution >= 4 is 17.4 Å². The molecule has 2 aromatic rings. The number of hydrogen-bond acceptors (Lipinski definition) is 3. The van der Waals surface area contributed by atoms with Crippen LogP contribution in [-0.4, -0.2) is 16.5 Å². The summed E-state index contributed by atoms with van der Waals surface area (Å²) in [6.07, 6.45) is 1.45. The molecule has 0 aromatic carbocycles. The third-order valence-electron chi connectivity index (χ3n) is 2.77. The van der Waals surface area contributed by atoms with E-state index in [1.807, 2.05) is 36.9 Å². The molecule has 2 heterocycles. The molecule has 0 aliphatic rings. The summed E-state index contributed by atoms with van der Waals surface area (Å²) in [5.74, 6) is -0.114. The summed E-state index contributed by atoms with van der Waals surface area (Å²) in [7, 11) is 0. The molecule has 0 saturated carbocycles. The SMILES string of the molecule is CCN(Cc1cccc(C)n1)c1ncc(Cl)cc1F. The quantitative estimate of drug-likeness (QED) is 0.856. The van der Waals surface area contributed by atoms with E-state index in [-0.39, 0.29) is 0 Å². The number of rotatable bonds is 4. The molecule has 0 aliphatic heterocycles. The predicted molar refractivity (Wildman–Crippen MR) is 74.9 cm³/mol. The Morgan fingerprint density at radius 1 is 1.37 bits per heavy atom. The molecule has 0 radical (unpaired) electrons. The van der Waals surface area contributed by atoms with Crippen LogP contribution in [0.4, 0.5) is 10.2 Å².